The Labute approximate surface area is 127 Å². The fourth-order valence-electron chi connectivity index (χ4n) is 1.67. The van der Waals surface area contributed by atoms with Crippen molar-refractivity contribution in [1.82, 2.24) is 19.9 Å². The van der Waals surface area contributed by atoms with Crippen LogP contribution in [-0.4, -0.2) is 33.0 Å². The van der Waals surface area contributed by atoms with Gasteiger partial charge in [0.25, 0.3) is 0 Å². The van der Waals surface area contributed by atoms with Gasteiger partial charge in [-0.25, -0.2) is 4.98 Å². The molecule has 0 bridgehead atoms. The number of rotatable bonds is 6. The number of aromatic amines is 1. The largest absolute Gasteiger partial charge is 0.368 e. The van der Waals surface area contributed by atoms with E-state index in [9.17, 15) is 0 Å². The van der Waals surface area contributed by atoms with Crippen LogP contribution < -0.4 is 10.6 Å². The molecule has 0 amide bonds. The number of imidazole rings is 1. The molecule has 0 aliphatic rings. The van der Waals surface area contributed by atoms with Gasteiger partial charge < -0.3 is 15.6 Å². The molecular weight excluding hydrogens is 320 g/mol. The second kappa shape index (κ2) is 6.39. The number of halogens is 1. The molecule has 2 aromatic rings. The molecule has 2 heterocycles. The Morgan fingerprint density at radius 2 is 1.65 bits per heavy atom. The second-order valence-electron chi connectivity index (χ2n) is 5.67. The maximum Gasteiger partial charge on any atom is 0.226 e. The van der Waals surface area contributed by atoms with Crippen molar-refractivity contribution in [2.24, 2.45) is 11.8 Å². The lowest BCUT2D eigenvalue weighted by molar-refractivity contribution is 0.682. The lowest BCUT2D eigenvalue weighted by Crippen LogP contribution is -2.14. The number of hydrogen-bond acceptors (Lipinski definition) is 5. The van der Waals surface area contributed by atoms with E-state index in [-0.39, 0.29) is 0 Å². The minimum atomic E-state index is 0.535. The van der Waals surface area contributed by atoms with Gasteiger partial charge in [0.1, 0.15) is 5.52 Å². The number of hydrogen-bond donors (Lipinski definition) is 3. The molecule has 0 saturated carbocycles. The van der Waals surface area contributed by atoms with Gasteiger partial charge in [-0.2, -0.15) is 9.97 Å². The van der Waals surface area contributed by atoms with Crippen LogP contribution in [0.3, 0.4) is 0 Å². The van der Waals surface area contributed by atoms with Gasteiger partial charge >= 0.3 is 0 Å². The number of nitrogens with zero attached hydrogens (tertiary/aromatic N) is 3. The zero-order chi connectivity index (χ0) is 14.7. The first-order chi connectivity index (χ1) is 9.45. The van der Waals surface area contributed by atoms with Crippen LogP contribution in [0.25, 0.3) is 11.2 Å². The van der Waals surface area contributed by atoms with Crippen LogP contribution in [0.5, 0.6) is 0 Å². The van der Waals surface area contributed by atoms with Gasteiger partial charge in [-0.1, -0.05) is 27.7 Å². The Bertz CT molecular complexity index is 577. The molecule has 7 heteroatoms. The summed E-state index contributed by atoms with van der Waals surface area (Å²) in [4.78, 5) is 16.4. The monoisotopic (exact) mass is 340 g/mol. The molecule has 0 atom stereocenters. The number of nitrogens with one attached hydrogen (secondary N) is 3. The average molecular weight is 341 g/mol. The highest BCUT2D eigenvalue weighted by atomic mass is 79.9. The second-order valence-corrected chi connectivity index (χ2v) is 6.42. The molecule has 0 aromatic carbocycles. The molecule has 0 spiro atoms. The Morgan fingerprint density at radius 3 is 2.30 bits per heavy atom. The molecule has 0 fully saturated rings. The predicted molar refractivity (Wildman–Crippen MR) is 86.0 cm³/mol. The van der Waals surface area contributed by atoms with E-state index < -0.39 is 0 Å². The van der Waals surface area contributed by atoms with Crippen molar-refractivity contribution in [1.29, 1.82) is 0 Å². The van der Waals surface area contributed by atoms with Crippen LogP contribution in [0.2, 0.25) is 0 Å². The molecule has 2 rings (SSSR count). The Morgan fingerprint density at radius 1 is 1.00 bits per heavy atom. The normalized spacial score (nSPS) is 11.6. The van der Waals surface area contributed by atoms with E-state index in [1.807, 2.05) is 0 Å². The molecule has 110 valence electrons. The minimum absolute atomic E-state index is 0.535. The van der Waals surface area contributed by atoms with Crippen LogP contribution in [0, 0.1) is 11.8 Å². The fraction of sp³-hybridized carbons (Fsp3) is 0.615. The molecule has 0 radical (unpaired) electrons. The van der Waals surface area contributed by atoms with E-state index >= 15 is 0 Å². The van der Waals surface area contributed by atoms with Gasteiger partial charge in [-0.05, 0) is 27.8 Å². The van der Waals surface area contributed by atoms with Crippen LogP contribution in [0.15, 0.2) is 4.73 Å². The van der Waals surface area contributed by atoms with Crippen molar-refractivity contribution in [3.63, 3.8) is 0 Å². The van der Waals surface area contributed by atoms with E-state index in [0.29, 0.717) is 28.2 Å². The Kier molecular flexibility index (Phi) is 4.80. The van der Waals surface area contributed by atoms with Crippen molar-refractivity contribution < 1.29 is 0 Å². The summed E-state index contributed by atoms with van der Waals surface area (Å²) in [5.74, 6) is 2.47. The summed E-state index contributed by atoms with van der Waals surface area (Å²) in [5, 5.41) is 6.59. The molecule has 6 nitrogen and oxygen atoms in total. The van der Waals surface area contributed by atoms with Crippen molar-refractivity contribution in [2.75, 3.05) is 23.7 Å². The average Bonchev–Trinajstić information content (AvgIpc) is 2.73. The van der Waals surface area contributed by atoms with Crippen molar-refractivity contribution in [3.05, 3.63) is 4.73 Å². The van der Waals surface area contributed by atoms with Crippen LogP contribution in [0.1, 0.15) is 27.7 Å². The summed E-state index contributed by atoms with van der Waals surface area (Å²) >= 11 is 3.34. The first kappa shape index (κ1) is 15.0. The zero-order valence-corrected chi connectivity index (χ0v) is 13.9. The van der Waals surface area contributed by atoms with Crippen molar-refractivity contribution in [2.45, 2.75) is 27.7 Å². The third-order valence-corrected chi connectivity index (χ3v) is 3.04. The van der Waals surface area contributed by atoms with Gasteiger partial charge in [0.2, 0.25) is 5.95 Å². The zero-order valence-electron chi connectivity index (χ0n) is 12.3. The quantitative estimate of drug-likeness (QED) is 0.703. The minimum Gasteiger partial charge on any atom is -0.368 e. The predicted octanol–water partition coefficient (Wildman–Crippen LogP) is 3.25. The van der Waals surface area contributed by atoms with Gasteiger partial charge in [-0.15, -0.1) is 0 Å². The summed E-state index contributed by atoms with van der Waals surface area (Å²) in [6.07, 6.45) is 0. The molecule has 0 aliphatic heterocycles. The topological polar surface area (TPSA) is 78.5 Å². The highest BCUT2D eigenvalue weighted by molar-refractivity contribution is 9.10. The molecule has 0 unspecified atom stereocenters. The van der Waals surface area contributed by atoms with E-state index in [0.717, 1.165) is 24.4 Å². The van der Waals surface area contributed by atoms with Crippen LogP contribution in [0.4, 0.5) is 11.8 Å². The standard InChI is InChI=1S/C13H21BrN6/c1-7(2)5-15-10-9-11(18-12(14)17-9)20-13(19-10)16-6-8(3)4/h7-8H,5-6H2,1-4H3,(H3,15,16,17,18,19,20). The van der Waals surface area contributed by atoms with Crippen molar-refractivity contribution in [3.8, 4) is 0 Å². The maximum absolute atomic E-state index is 4.53. The number of aromatic nitrogens is 4. The summed E-state index contributed by atoms with van der Waals surface area (Å²) in [5.41, 5.74) is 1.48. The number of H-pyrrole nitrogens is 1. The third-order valence-electron chi connectivity index (χ3n) is 2.67. The van der Waals surface area contributed by atoms with Crippen LogP contribution in [-0.2, 0) is 0 Å². The lowest BCUT2D eigenvalue weighted by atomic mass is 10.2. The van der Waals surface area contributed by atoms with E-state index in [1.165, 1.54) is 0 Å². The fourth-order valence-corrected chi connectivity index (χ4v) is 2.04. The maximum atomic E-state index is 4.53. The molecule has 2 aromatic heterocycles. The first-order valence-electron chi connectivity index (χ1n) is 6.86. The molecular formula is C13H21BrN6. The molecule has 0 saturated heterocycles. The first-order valence-corrected chi connectivity index (χ1v) is 7.66. The Balaban J connectivity index is 2.30. The van der Waals surface area contributed by atoms with Gasteiger partial charge in [-0.3, -0.25) is 0 Å². The van der Waals surface area contributed by atoms with Crippen molar-refractivity contribution >= 4 is 38.9 Å². The van der Waals surface area contributed by atoms with Gasteiger partial charge in [0, 0.05) is 13.1 Å². The lowest BCUT2D eigenvalue weighted by Gasteiger charge is -2.11. The van der Waals surface area contributed by atoms with Gasteiger partial charge in [0.15, 0.2) is 16.2 Å². The van der Waals surface area contributed by atoms with E-state index in [2.05, 4.69) is 74.2 Å². The molecule has 0 aliphatic carbocycles. The summed E-state index contributed by atoms with van der Waals surface area (Å²) in [6, 6.07) is 0. The number of anilines is 2. The summed E-state index contributed by atoms with van der Waals surface area (Å²) in [6.45, 7) is 10.3. The van der Waals surface area contributed by atoms with E-state index in [1.54, 1.807) is 0 Å². The SMILES string of the molecule is CC(C)CNc1nc(NCC(C)C)c2[nH]c(Br)nc2n1. The summed E-state index contributed by atoms with van der Waals surface area (Å²) < 4.78 is 0.662. The number of fused-ring (bicyclic) bond motifs is 1. The highest BCUT2D eigenvalue weighted by Crippen LogP contribution is 2.22. The third kappa shape index (κ3) is 3.82. The Hall–Kier alpha value is -1.37. The van der Waals surface area contributed by atoms with Gasteiger partial charge in [0.05, 0.1) is 0 Å². The molecule has 20 heavy (non-hydrogen) atoms. The van der Waals surface area contributed by atoms with Crippen LogP contribution >= 0.6 is 15.9 Å². The van der Waals surface area contributed by atoms with E-state index in [4.69, 9.17) is 0 Å². The molecule has 3 N–H and O–H groups in total. The summed E-state index contributed by atoms with van der Waals surface area (Å²) in [7, 11) is 0. The smallest absolute Gasteiger partial charge is 0.226 e. The highest BCUT2D eigenvalue weighted by Gasteiger charge is 2.12.